The van der Waals surface area contributed by atoms with E-state index >= 15 is 0 Å². The molecule has 1 saturated heterocycles. The number of fused-ring (bicyclic) bond motifs is 7. The molecule has 182 valence electrons. The zero-order valence-corrected chi connectivity index (χ0v) is 19.1. The zero-order chi connectivity index (χ0) is 31.8. The molecule has 2 aromatic carbocycles. The van der Waals surface area contributed by atoms with Crippen molar-refractivity contribution >= 4 is 11.6 Å². The van der Waals surface area contributed by atoms with Crippen molar-refractivity contribution in [3.8, 4) is 17.0 Å². The molecule has 0 atom stereocenters. The molecule has 3 heterocycles. The minimum atomic E-state index is -2.60. The van der Waals surface area contributed by atoms with E-state index in [2.05, 4.69) is 15.3 Å². The second-order valence-electron chi connectivity index (χ2n) is 7.99. The molecule has 0 saturated carbocycles. The Kier molecular flexibility index (Phi) is 5.11. The highest BCUT2D eigenvalue weighted by Gasteiger charge is 2.13. The molecule has 1 aromatic heterocycles. The first kappa shape index (κ1) is 15.0. The van der Waals surface area contributed by atoms with Gasteiger partial charge in [-0.25, -0.2) is 9.97 Å². The first-order chi connectivity index (χ1) is 20.6. The molecule has 2 aliphatic heterocycles. The zero-order valence-electron chi connectivity index (χ0n) is 28.1. The second-order valence-corrected chi connectivity index (χ2v) is 7.99. The van der Waals surface area contributed by atoms with Gasteiger partial charge in [-0.15, -0.1) is 0 Å². The molecule has 1 N–H and O–H groups in total. The van der Waals surface area contributed by atoms with Crippen LogP contribution < -0.4 is 10.1 Å². The predicted octanol–water partition coefficient (Wildman–Crippen LogP) is 4.96. The Labute approximate surface area is 219 Å². The Morgan fingerprint density at radius 2 is 2.03 bits per heavy atom. The predicted molar refractivity (Wildman–Crippen MR) is 137 cm³/mol. The molecule has 7 heteroatoms. The summed E-state index contributed by atoms with van der Waals surface area (Å²) < 4.78 is 92.1. The van der Waals surface area contributed by atoms with Gasteiger partial charge in [0.2, 0.25) is 5.95 Å². The third kappa shape index (κ3) is 6.66. The maximum Gasteiger partial charge on any atom is 0.227 e. The molecule has 2 aliphatic rings. The summed E-state index contributed by atoms with van der Waals surface area (Å²) in [7, 11) is 0. The largest absolute Gasteiger partial charge is 0.492 e. The maximum atomic E-state index is 8.69. The van der Waals surface area contributed by atoms with Gasteiger partial charge in [-0.05, 0) is 61.8 Å². The van der Waals surface area contributed by atoms with E-state index in [-0.39, 0.29) is 41.2 Å². The summed E-state index contributed by atoms with van der Waals surface area (Å²) in [6, 6.07) is 11.8. The topological polar surface area (TPSA) is 68.7 Å². The summed E-state index contributed by atoms with van der Waals surface area (Å²) in [5.74, 6) is -0.0920. The average molecular weight is 482 g/mol. The van der Waals surface area contributed by atoms with Crippen molar-refractivity contribution < 1.29 is 26.5 Å². The van der Waals surface area contributed by atoms with Gasteiger partial charge in [-0.2, -0.15) is 0 Å². The summed E-state index contributed by atoms with van der Waals surface area (Å²) in [6.45, 7) is -8.80. The van der Waals surface area contributed by atoms with Crippen LogP contribution in [0.2, 0.25) is 0 Å². The number of likely N-dealkylation sites (tertiary alicyclic amines) is 1. The molecule has 1 fully saturated rings. The van der Waals surface area contributed by atoms with E-state index in [0.29, 0.717) is 11.3 Å². The van der Waals surface area contributed by atoms with Crippen molar-refractivity contribution in [3.63, 3.8) is 0 Å². The van der Waals surface area contributed by atoms with Crippen LogP contribution in [0.5, 0.6) is 5.75 Å². The number of nitrogens with one attached hydrogen (secondary N) is 1. The van der Waals surface area contributed by atoms with Gasteiger partial charge in [-0.3, -0.25) is 4.90 Å². The Balaban J connectivity index is 1.56. The van der Waals surface area contributed by atoms with Crippen LogP contribution in [0.15, 0.2) is 66.9 Å². The highest BCUT2D eigenvalue weighted by Crippen LogP contribution is 2.26. The standard InChI is InChI=1S/C28H32N4O3/c1-2-13-32(12-1)14-17-35-27-9-8-25-19-24(27)21-34-16-4-3-15-33-20-22-6-5-7-23(18-22)26-10-11-29-28(30-25)31-26/h3-11,18-19H,1-2,12-17,20-21H2,(H,29,30,31)/b4-3+/i11D,15D2,17D2,20D2,21D2. The minimum absolute atomic E-state index is 0.00278. The highest BCUT2D eigenvalue weighted by molar-refractivity contribution is 5.63. The van der Waals surface area contributed by atoms with Crippen LogP contribution in [-0.4, -0.2) is 54.2 Å². The number of anilines is 2. The monoisotopic (exact) mass is 481 g/mol. The van der Waals surface area contributed by atoms with Gasteiger partial charge in [0.15, 0.2) is 0 Å². The normalized spacial score (nSPS) is 26.2. The molecule has 6 bridgehead atoms. The van der Waals surface area contributed by atoms with Crippen molar-refractivity contribution in [2.24, 2.45) is 0 Å². The number of aromatic nitrogens is 2. The lowest BCUT2D eigenvalue weighted by Gasteiger charge is -2.17. The third-order valence-electron chi connectivity index (χ3n) is 5.44. The second kappa shape index (κ2) is 11.9. The smallest absolute Gasteiger partial charge is 0.227 e. The van der Waals surface area contributed by atoms with Gasteiger partial charge in [0.05, 0.1) is 44.3 Å². The number of hydrogen-bond acceptors (Lipinski definition) is 7. The van der Waals surface area contributed by atoms with Gasteiger partial charge < -0.3 is 19.5 Å². The van der Waals surface area contributed by atoms with Gasteiger partial charge in [0.25, 0.3) is 0 Å². The van der Waals surface area contributed by atoms with Crippen LogP contribution in [0.25, 0.3) is 11.3 Å². The summed E-state index contributed by atoms with van der Waals surface area (Å²) in [4.78, 5) is 10.5. The molecule has 0 unspecified atom stereocenters. The van der Waals surface area contributed by atoms with Crippen molar-refractivity contribution in [2.75, 3.05) is 44.7 Å². The number of ether oxygens (including phenoxy) is 3. The fourth-order valence-corrected chi connectivity index (χ4v) is 3.71. The summed E-state index contributed by atoms with van der Waals surface area (Å²) in [5.41, 5.74) is 0.893. The van der Waals surface area contributed by atoms with Crippen LogP contribution in [0, 0.1) is 0 Å². The fourth-order valence-electron chi connectivity index (χ4n) is 3.71. The van der Waals surface area contributed by atoms with Crippen molar-refractivity contribution in [2.45, 2.75) is 26.0 Å². The van der Waals surface area contributed by atoms with E-state index in [1.54, 1.807) is 18.2 Å². The number of hydrogen-bond donors (Lipinski definition) is 1. The molecular formula is C28H32N4O3. The van der Waals surface area contributed by atoms with Gasteiger partial charge in [0, 0.05) is 29.5 Å². The van der Waals surface area contributed by atoms with Gasteiger partial charge in [0.1, 0.15) is 12.3 Å². The number of rotatable bonds is 4. The Morgan fingerprint density at radius 1 is 1.09 bits per heavy atom. The first-order valence-corrected chi connectivity index (χ1v) is 11.4. The summed E-state index contributed by atoms with van der Waals surface area (Å²) in [6.07, 6.45) is 3.90. The van der Waals surface area contributed by atoms with E-state index in [4.69, 9.17) is 26.5 Å². The lowest BCUT2D eigenvalue weighted by atomic mass is 10.1. The summed E-state index contributed by atoms with van der Waals surface area (Å²) >= 11 is 0. The van der Waals surface area contributed by atoms with Gasteiger partial charge >= 0.3 is 0 Å². The Hall–Kier alpha value is -3.26. The maximum absolute atomic E-state index is 8.69. The first-order valence-electron chi connectivity index (χ1n) is 15.9. The average Bonchev–Trinajstić information content (AvgIpc) is 3.43. The lowest BCUT2D eigenvalue weighted by molar-refractivity contribution is 0.138. The number of nitrogens with zero attached hydrogens (tertiary/aromatic N) is 3. The molecule has 0 aliphatic carbocycles. The van der Waals surface area contributed by atoms with Crippen molar-refractivity contribution in [3.05, 3.63) is 78.0 Å². The third-order valence-corrected chi connectivity index (χ3v) is 5.44. The lowest BCUT2D eigenvalue weighted by Crippen LogP contribution is -2.25. The van der Waals surface area contributed by atoms with E-state index in [1.165, 1.54) is 36.4 Å². The van der Waals surface area contributed by atoms with Crippen LogP contribution >= 0.6 is 0 Å². The van der Waals surface area contributed by atoms with Crippen molar-refractivity contribution in [1.82, 2.24) is 14.9 Å². The quantitative estimate of drug-likeness (QED) is 0.528. The van der Waals surface area contributed by atoms with Crippen LogP contribution in [0.1, 0.15) is 36.3 Å². The van der Waals surface area contributed by atoms with E-state index in [1.807, 2.05) is 4.90 Å². The molecule has 5 rings (SSSR count). The molecule has 3 aromatic rings. The fraction of sp³-hybridized carbons (Fsp3) is 0.357. The molecular weight excluding hydrogens is 440 g/mol. The van der Waals surface area contributed by atoms with Gasteiger partial charge in [-0.1, -0.05) is 30.4 Å². The molecule has 7 nitrogen and oxygen atoms in total. The highest BCUT2D eigenvalue weighted by atomic mass is 16.5. The molecule has 0 spiro atoms. The van der Waals surface area contributed by atoms with Crippen molar-refractivity contribution in [1.29, 1.82) is 0 Å². The van der Waals surface area contributed by atoms with Crippen LogP contribution in [0.3, 0.4) is 0 Å². The molecule has 0 amide bonds. The summed E-state index contributed by atoms with van der Waals surface area (Å²) in [5, 5.41) is 2.97. The SMILES string of the molecule is [2H]c1cc2nc(n1)Nc1ccc(OC([2H])([2H])CN3CCCC3)c(c1)C([2H])([2H])OC/C=C/C([2H])([2H])OC([2H])([2H])c1cccc-2c1. The minimum Gasteiger partial charge on any atom is -0.492 e. The Bertz CT molecular complexity index is 1530. The van der Waals surface area contributed by atoms with E-state index < -0.39 is 32.8 Å². The molecule has 35 heavy (non-hydrogen) atoms. The van der Waals surface area contributed by atoms with E-state index in [0.717, 1.165) is 32.0 Å². The van der Waals surface area contributed by atoms with Crippen LogP contribution in [0.4, 0.5) is 11.6 Å². The van der Waals surface area contributed by atoms with E-state index in [9.17, 15) is 0 Å². The Morgan fingerprint density at radius 3 is 2.97 bits per heavy atom. The number of benzene rings is 2. The van der Waals surface area contributed by atoms with Crippen LogP contribution in [-0.2, 0) is 22.6 Å². The molecule has 0 radical (unpaired) electrons.